The summed E-state index contributed by atoms with van der Waals surface area (Å²) < 4.78 is 0. The monoisotopic (exact) mass is 245 g/mol. The van der Waals surface area contributed by atoms with Gasteiger partial charge < -0.3 is 0 Å². The highest BCUT2D eigenvalue weighted by Gasteiger charge is 2.12. The zero-order valence-electron chi connectivity index (χ0n) is 8.21. The molecule has 0 fully saturated rings. The SMILES string of the molecule is N#C/C(=C/c1cccs1)C(=O)c1cccs1. The van der Waals surface area contributed by atoms with Gasteiger partial charge in [0.05, 0.1) is 4.88 Å². The third-order valence-electron chi connectivity index (χ3n) is 1.94. The van der Waals surface area contributed by atoms with Crippen molar-refractivity contribution >= 4 is 34.5 Å². The fraction of sp³-hybridized carbons (Fsp3) is 0. The summed E-state index contributed by atoms with van der Waals surface area (Å²) in [4.78, 5) is 13.4. The van der Waals surface area contributed by atoms with Crippen molar-refractivity contribution in [3.05, 3.63) is 50.4 Å². The van der Waals surface area contributed by atoms with Crippen molar-refractivity contribution in [3.63, 3.8) is 0 Å². The minimum absolute atomic E-state index is 0.185. The van der Waals surface area contributed by atoms with E-state index in [4.69, 9.17) is 5.26 Å². The number of allylic oxidation sites excluding steroid dienone is 1. The highest BCUT2D eigenvalue weighted by atomic mass is 32.1. The fourth-order valence-electron chi connectivity index (χ4n) is 1.20. The van der Waals surface area contributed by atoms with E-state index < -0.39 is 0 Å². The van der Waals surface area contributed by atoms with Gasteiger partial charge in [-0.25, -0.2) is 0 Å². The molecule has 0 atom stereocenters. The normalized spacial score (nSPS) is 11.1. The van der Waals surface area contributed by atoms with Gasteiger partial charge in [-0.2, -0.15) is 5.26 Å². The van der Waals surface area contributed by atoms with Gasteiger partial charge in [0.1, 0.15) is 11.6 Å². The lowest BCUT2D eigenvalue weighted by atomic mass is 10.1. The summed E-state index contributed by atoms with van der Waals surface area (Å²) in [6.07, 6.45) is 1.63. The molecule has 2 rings (SSSR count). The maximum absolute atomic E-state index is 11.9. The third kappa shape index (κ3) is 2.27. The van der Waals surface area contributed by atoms with E-state index >= 15 is 0 Å². The molecule has 2 nitrogen and oxygen atoms in total. The van der Waals surface area contributed by atoms with Crippen molar-refractivity contribution in [2.75, 3.05) is 0 Å². The van der Waals surface area contributed by atoms with Crippen molar-refractivity contribution in [3.8, 4) is 6.07 Å². The van der Waals surface area contributed by atoms with Crippen LogP contribution < -0.4 is 0 Å². The first kappa shape index (κ1) is 10.8. The fourth-order valence-corrected chi connectivity index (χ4v) is 2.54. The Labute approximate surface area is 101 Å². The number of ketones is 1. The van der Waals surface area contributed by atoms with Crippen LogP contribution in [0.2, 0.25) is 0 Å². The Hall–Kier alpha value is -1.70. The first-order chi connectivity index (χ1) is 7.81. The lowest BCUT2D eigenvalue weighted by molar-refractivity contribution is 0.104. The van der Waals surface area contributed by atoms with E-state index in [2.05, 4.69) is 0 Å². The smallest absolute Gasteiger partial charge is 0.213 e. The molecule has 0 spiro atoms. The van der Waals surface area contributed by atoms with Crippen molar-refractivity contribution in [2.45, 2.75) is 0 Å². The minimum Gasteiger partial charge on any atom is -0.287 e. The van der Waals surface area contributed by atoms with Gasteiger partial charge in [0.25, 0.3) is 0 Å². The summed E-state index contributed by atoms with van der Waals surface area (Å²) in [6.45, 7) is 0. The van der Waals surface area contributed by atoms with Crippen LogP contribution in [0.5, 0.6) is 0 Å². The summed E-state index contributed by atoms with van der Waals surface area (Å²) in [5.74, 6) is -0.203. The minimum atomic E-state index is -0.203. The van der Waals surface area contributed by atoms with Crippen LogP contribution in [0, 0.1) is 11.3 Å². The van der Waals surface area contributed by atoms with Crippen molar-refractivity contribution < 1.29 is 4.79 Å². The maximum Gasteiger partial charge on any atom is 0.213 e. The van der Waals surface area contributed by atoms with Crippen molar-refractivity contribution in [2.24, 2.45) is 0 Å². The van der Waals surface area contributed by atoms with Gasteiger partial charge in [-0.05, 0) is 29.0 Å². The first-order valence-corrected chi connectivity index (χ1v) is 6.30. The van der Waals surface area contributed by atoms with E-state index in [9.17, 15) is 4.79 Å². The number of rotatable bonds is 3. The molecule has 0 aromatic carbocycles. The van der Waals surface area contributed by atoms with E-state index in [0.29, 0.717) is 4.88 Å². The van der Waals surface area contributed by atoms with Crippen LogP contribution >= 0.6 is 22.7 Å². The van der Waals surface area contributed by atoms with Gasteiger partial charge in [-0.1, -0.05) is 12.1 Å². The van der Waals surface area contributed by atoms with Gasteiger partial charge in [-0.3, -0.25) is 4.79 Å². The molecular weight excluding hydrogens is 238 g/mol. The van der Waals surface area contributed by atoms with Crippen LogP contribution in [0.25, 0.3) is 6.08 Å². The molecule has 0 N–H and O–H groups in total. The Morgan fingerprint density at radius 2 is 2.00 bits per heavy atom. The molecule has 78 valence electrons. The Morgan fingerprint density at radius 1 is 1.25 bits per heavy atom. The van der Waals surface area contributed by atoms with E-state index in [1.807, 2.05) is 29.0 Å². The molecule has 0 saturated carbocycles. The van der Waals surface area contributed by atoms with E-state index in [1.165, 1.54) is 22.7 Å². The number of carbonyl (C=O) groups excluding carboxylic acids is 1. The number of Topliss-reactive ketones (excluding diaryl/α,β-unsaturated/α-hetero) is 1. The molecule has 4 heteroatoms. The summed E-state index contributed by atoms with van der Waals surface area (Å²) >= 11 is 2.85. The molecule has 0 bridgehead atoms. The van der Waals surface area contributed by atoms with Gasteiger partial charge in [0, 0.05) is 4.88 Å². The Balaban J connectivity index is 2.32. The predicted octanol–water partition coefficient (Wildman–Crippen LogP) is 3.60. The highest BCUT2D eigenvalue weighted by Crippen LogP contribution is 2.18. The number of nitriles is 1. The lowest BCUT2D eigenvalue weighted by Crippen LogP contribution is -1.98. The number of carbonyl (C=O) groups is 1. The molecule has 0 aliphatic heterocycles. The van der Waals surface area contributed by atoms with E-state index in [-0.39, 0.29) is 11.4 Å². The van der Waals surface area contributed by atoms with Gasteiger partial charge in [-0.15, -0.1) is 22.7 Å². The number of thiophene rings is 2. The second-order valence-electron chi connectivity index (χ2n) is 2.99. The number of hydrogen-bond donors (Lipinski definition) is 0. The average Bonchev–Trinajstić information content (AvgIpc) is 2.97. The second-order valence-corrected chi connectivity index (χ2v) is 4.92. The molecule has 2 heterocycles. The van der Waals surface area contributed by atoms with Crippen LogP contribution in [0.3, 0.4) is 0 Å². The molecule has 16 heavy (non-hydrogen) atoms. The molecular formula is C12H7NOS2. The predicted molar refractivity (Wildman–Crippen MR) is 66.6 cm³/mol. The molecule has 2 aromatic heterocycles. The topological polar surface area (TPSA) is 40.9 Å². The van der Waals surface area contributed by atoms with Crippen LogP contribution in [-0.4, -0.2) is 5.78 Å². The van der Waals surface area contributed by atoms with Crippen molar-refractivity contribution in [1.29, 1.82) is 5.26 Å². The highest BCUT2D eigenvalue weighted by molar-refractivity contribution is 7.12. The standard InChI is InChI=1S/C12H7NOS2/c13-8-9(7-10-3-1-5-15-10)12(14)11-4-2-6-16-11/h1-7H/b9-7-. The molecule has 2 aromatic rings. The van der Waals surface area contributed by atoms with E-state index in [0.717, 1.165) is 4.88 Å². The van der Waals surface area contributed by atoms with Gasteiger partial charge in [0.15, 0.2) is 0 Å². The Kier molecular flexibility index (Phi) is 3.30. The first-order valence-electron chi connectivity index (χ1n) is 4.55. The zero-order chi connectivity index (χ0) is 11.4. The molecule has 0 unspecified atom stereocenters. The lowest BCUT2D eigenvalue weighted by Gasteiger charge is -1.93. The largest absolute Gasteiger partial charge is 0.287 e. The molecule has 0 aliphatic rings. The van der Waals surface area contributed by atoms with Gasteiger partial charge in [0.2, 0.25) is 5.78 Å². The molecule has 0 radical (unpaired) electrons. The summed E-state index contributed by atoms with van der Waals surface area (Å²) in [7, 11) is 0. The number of nitrogens with zero attached hydrogens (tertiary/aromatic N) is 1. The zero-order valence-corrected chi connectivity index (χ0v) is 9.85. The van der Waals surface area contributed by atoms with Crippen LogP contribution in [0.15, 0.2) is 40.6 Å². The molecule has 0 aliphatic carbocycles. The molecule has 0 amide bonds. The number of hydrogen-bond acceptors (Lipinski definition) is 4. The maximum atomic E-state index is 11.9. The van der Waals surface area contributed by atoms with Crippen LogP contribution in [-0.2, 0) is 0 Å². The van der Waals surface area contributed by atoms with Crippen LogP contribution in [0.1, 0.15) is 14.5 Å². The Bertz CT molecular complexity index is 544. The quantitative estimate of drug-likeness (QED) is 0.471. The summed E-state index contributed by atoms with van der Waals surface area (Å²) in [6, 6.07) is 9.25. The van der Waals surface area contributed by atoms with E-state index in [1.54, 1.807) is 18.2 Å². The average molecular weight is 245 g/mol. The second kappa shape index (κ2) is 4.88. The van der Waals surface area contributed by atoms with Crippen molar-refractivity contribution in [1.82, 2.24) is 0 Å². The van der Waals surface area contributed by atoms with Crippen LogP contribution in [0.4, 0.5) is 0 Å². The molecule has 0 saturated heterocycles. The summed E-state index contributed by atoms with van der Waals surface area (Å²) in [5, 5.41) is 12.7. The van der Waals surface area contributed by atoms with Gasteiger partial charge >= 0.3 is 0 Å². The summed E-state index contributed by atoms with van der Waals surface area (Å²) in [5.41, 5.74) is 0.185. The third-order valence-corrected chi connectivity index (χ3v) is 3.63. The Morgan fingerprint density at radius 3 is 2.56 bits per heavy atom.